The molecule has 0 aliphatic carbocycles. The van der Waals surface area contributed by atoms with Gasteiger partial charge in [-0.15, -0.1) is 0 Å². The number of halogens is 1. The molecule has 2 atom stereocenters. The van der Waals surface area contributed by atoms with Crippen molar-refractivity contribution >= 4 is 11.6 Å². The number of hydrogen-bond donors (Lipinski definition) is 2. The highest BCUT2D eigenvalue weighted by molar-refractivity contribution is 6.30. The Bertz CT molecular complexity index is 334. The van der Waals surface area contributed by atoms with Gasteiger partial charge in [-0.05, 0) is 56.6 Å². The third-order valence-corrected chi connectivity index (χ3v) is 3.56. The second-order valence-electron chi connectivity index (χ2n) is 4.43. The zero-order valence-electron chi connectivity index (χ0n) is 9.67. The van der Waals surface area contributed by atoms with Crippen LogP contribution in [0, 0.1) is 5.92 Å². The fraction of sp³-hybridized carbons (Fsp3) is 0.538. The van der Waals surface area contributed by atoms with Crippen LogP contribution in [0.3, 0.4) is 0 Å². The summed E-state index contributed by atoms with van der Waals surface area (Å²) in [6.45, 7) is 2.25. The van der Waals surface area contributed by atoms with Crippen molar-refractivity contribution in [2.45, 2.75) is 18.9 Å². The van der Waals surface area contributed by atoms with Gasteiger partial charge in [0.15, 0.2) is 0 Å². The topological polar surface area (TPSA) is 24.1 Å². The average Bonchev–Trinajstić information content (AvgIpc) is 2.31. The Morgan fingerprint density at radius 3 is 3.00 bits per heavy atom. The summed E-state index contributed by atoms with van der Waals surface area (Å²) in [6, 6.07) is 8.58. The summed E-state index contributed by atoms with van der Waals surface area (Å²) in [6.07, 6.45) is 2.55. The van der Waals surface area contributed by atoms with Gasteiger partial charge in [-0.3, -0.25) is 0 Å². The van der Waals surface area contributed by atoms with Crippen molar-refractivity contribution < 1.29 is 0 Å². The Morgan fingerprint density at radius 1 is 1.50 bits per heavy atom. The molecule has 1 saturated heterocycles. The Balaban J connectivity index is 2.14. The Kier molecular flexibility index (Phi) is 4.22. The van der Waals surface area contributed by atoms with Gasteiger partial charge in [0.05, 0.1) is 0 Å². The average molecular weight is 239 g/mol. The van der Waals surface area contributed by atoms with Crippen LogP contribution in [-0.2, 0) is 0 Å². The largest absolute Gasteiger partial charge is 0.316 e. The maximum atomic E-state index is 6.04. The van der Waals surface area contributed by atoms with Gasteiger partial charge < -0.3 is 10.6 Å². The summed E-state index contributed by atoms with van der Waals surface area (Å²) in [4.78, 5) is 0. The van der Waals surface area contributed by atoms with Crippen molar-refractivity contribution in [1.82, 2.24) is 10.6 Å². The van der Waals surface area contributed by atoms with Crippen LogP contribution >= 0.6 is 11.6 Å². The van der Waals surface area contributed by atoms with E-state index in [-0.39, 0.29) is 0 Å². The Morgan fingerprint density at radius 2 is 2.38 bits per heavy atom. The summed E-state index contributed by atoms with van der Waals surface area (Å²) in [5, 5.41) is 7.70. The lowest BCUT2D eigenvalue weighted by atomic mass is 9.87. The second-order valence-corrected chi connectivity index (χ2v) is 4.86. The standard InChI is InChI=1S/C13H19ClN2/c1-15-13(11-5-3-7-16-9-11)10-4-2-6-12(14)8-10/h2,4,6,8,11,13,15-16H,3,5,7,9H2,1H3. The number of benzene rings is 1. The van der Waals surface area contributed by atoms with E-state index in [1.165, 1.54) is 18.4 Å². The predicted molar refractivity (Wildman–Crippen MR) is 68.8 cm³/mol. The quantitative estimate of drug-likeness (QED) is 0.846. The molecule has 1 aliphatic rings. The monoisotopic (exact) mass is 238 g/mol. The molecule has 16 heavy (non-hydrogen) atoms. The van der Waals surface area contributed by atoms with E-state index >= 15 is 0 Å². The van der Waals surface area contributed by atoms with E-state index in [9.17, 15) is 0 Å². The fourth-order valence-electron chi connectivity index (χ4n) is 2.54. The van der Waals surface area contributed by atoms with Crippen molar-refractivity contribution in [1.29, 1.82) is 0 Å². The first-order valence-electron chi connectivity index (χ1n) is 5.94. The minimum absolute atomic E-state index is 0.409. The van der Waals surface area contributed by atoms with Gasteiger partial charge in [-0.25, -0.2) is 0 Å². The molecule has 1 aromatic carbocycles. The predicted octanol–water partition coefficient (Wildman–Crippen LogP) is 2.60. The van der Waals surface area contributed by atoms with Gasteiger partial charge >= 0.3 is 0 Å². The third-order valence-electron chi connectivity index (χ3n) is 3.33. The molecule has 1 heterocycles. The van der Waals surface area contributed by atoms with Crippen LogP contribution in [0.4, 0.5) is 0 Å². The van der Waals surface area contributed by atoms with Gasteiger partial charge in [-0.2, -0.15) is 0 Å². The van der Waals surface area contributed by atoms with Crippen molar-refractivity contribution in [2.75, 3.05) is 20.1 Å². The molecule has 0 spiro atoms. The second kappa shape index (κ2) is 5.67. The Hall–Kier alpha value is -0.570. The van der Waals surface area contributed by atoms with Gasteiger partial charge in [0, 0.05) is 11.1 Å². The van der Waals surface area contributed by atoms with Crippen LogP contribution in [0.25, 0.3) is 0 Å². The normalized spacial score (nSPS) is 23.0. The molecule has 0 saturated carbocycles. The maximum absolute atomic E-state index is 6.04. The van der Waals surface area contributed by atoms with Crippen LogP contribution in [0.2, 0.25) is 5.02 Å². The van der Waals surface area contributed by atoms with E-state index in [2.05, 4.69) is 22.8 Å². The summed E-state index contributed by atoms with van der Waals surface area (Å²) in [5.74, 6) is 0.664. The zero-order valence-corrected chi connectivity index (χ0v) is 10.4. The molecule has 0 bridgehead atoms. The summed E-state index contributed by atoms with van der Waals surface area (Å²) < 4.78 is 0. The summed E-state index contributed by atoms with van der Waals surface area (Å²) >= 11 is 6.04. The molecule has 2 unspecified atom stereocenters. The minimum Gasteiger partial charge on any atom is -0.316 e. The molecule has 0 amide bonds. The van der Waals surface area contributed by atoms with Crippen molar-refractivity contribution in [2.24, 2.45) is 5.92 Å². The molecule has 2 N–H and O–H groups in total. The van der Waals surface area contributed by atoms with E-state index in [4.69, 9.17) is 11.6 Å². The maximum Gasteiger partial charge on any atom is 0.0409 e. The summed E-state index contributed by atoms with van der Waals surface area (Å²) in [5.41, 5.74) is 1.30. The highest BCUT2D eigenvalue weighted by Crippen LogP contribution is 2.28. The van der Waals surface area contributed by atoms with E-state index < -0.39 is 0 Å². The highest BCUT2D eigenvalue weighted by Gasteiger charge is 2.23. The Labute approximate surface area is 102 Å². The molecule has 2 nitrogen and oxygen atoms in total. The van der Waals surface area contributed by atoms with Gasteiger partial charge in [0.25, 0.3) is 0 Å². The molecule has 1 fully saturated rings. The lowest BCUT2D eigenvalue weighted by Gasteiger charge is -2.31. The fourth-order valence-corrected chi connectivity index (χ4v) is 2.74. The van der Waals surface area contributed by atoms with Crippen LogP contribution in [0.1, 0.15) is 24.4 Å². The molecule has 2 rings (SSSR count). The van der Waals surface area contributed by atoms with E-state index in [1.807, 2.05) is 19.2 Å². The van der Waals surface area contributed by atoms with Crippen LogP contribution in [-0.4, -0.2) is 20.1 Å². The summed E-state index contributed by atoms with van der Waals surface area (Å²) in [7, 11) is 2.03. The van der Waals surface area contributed by atoms with Gasteiger partial charge in [0.2, 0.25) is 0 Å². The van der Waals surface area contributed by atoms with E-state index in [0.717, 1.165) is 18.1 Å². The molecule has 1 aromatic rings. The third kappa shape index (κ3) is 2.76. The zero-order chi connectivity index (χ0) is 11.4. The molecule has 3 heteroatoms. The first kappa shape index (κ1) is 11.9. The molecule has 1 aliphatic heterocycles. The number of rotatable bonds is 3. The molecule has 0 aromatic heterocycles. The SMILES string of the molecule is CNC(c1cccc(Cl)c1)C1CCCNC1. The molecule has 0 radical (unpaired) electrons. The van der Waals surface area contributed by atoms with Crippen molar-refractivity contribution in [3.8, 4) is 0 Å². The van der Waals surface area contributed by atoms with E-state index in [1.54, 1.807) is 0 Å². The van der Waals surface area contributed by atoms with Crippen LogP contribution in [0.15, 0.2) is 24.3 Å². The van der Waals surface area contributed by atoms with Crippen LogP contribution < -0.4 is 10.6 Å². The van der Waals surface area contributed by atoms with E-state index in [0.29, 0.717) is 12.0 Å². The first-order chi connectivity index (χ1) is 7.81. The number of nitrogens with one attached hydrogen (secondary N) is 2. The molecule has 88 valence electrons. The minimum atomic E-state index is 0.409. The highest BCUT2D eigenvalue weighted by atomic mass is 35.5. The lowest BCUT2D eigenvalue weighted by Crippen LogP contribution is -2.37. The molecular weight excluding hydrogens is 220 g/mol. The molecular formula is C13H19ClN2. The smallest absolute Gasteiger partial charge is 0.0409 e. The van der Waals surface area contributed by atoms with Gasteiger partial charge in [-0.1, -0.05) is 23.7 Å². The number of piperidine rings is 1. The number of hydrogen-bond acceptors (Lipinski definition) is 2. The van der Waals surface area contributed by atoms with Gasteiger partial charge in [0.1, 0.15) is 0 Å². The van der Waals surface area contributed by atoms with Crippen LogP contribution in [0.5, 0.6) is 0 Å². The van der Waals surface area contributed by atoms with Crippen molar-refractivity contribution in [3.05, 3.63) is 34.9 Å². The first-order valence-corrected chi connectivity index (χ1v) is 6.32. The lowest BCUT2D eigenvalue weighted by molar-refractivity contribution is 0.298. The van der Waals surface area contributed by atoms with Crippen molar-refractivity contribution in [3.63, 3.8) is 0 Å².